The molecule has 0 N–H and O–H groups in total. The van der Waals surface area contributed by atoms with E-state index in [0.717, 1.165) is 42.0 Å². The highest BCUT2D eigenvalue weighted by molar-refractivity contribution is 7.13. The fraction of sp³-hybridized carbons (Fsp3) is 0.667. The molecule has 6 heteroatoms. The molecule has 2 aliphatic rings. The zero-order valence-corrected chi connectivity index (χ0v) is 15.4. The number of carbonyl (C=O) groups excluding carboxylic acids is 2. The molecule has 3 rings (SSSR count). The fourth-order valence-corrected chi connectivity index (χ4v) is 4.71. The number of piperidine rings is 2. The number of thiophene rings is 1. The summed E-state index contributed by atoms with van der Waals surface area (Å²) >= 11 is 1.55. The average molecular weight is 350 g/mol. The lowest BCUT2D eigenvalue weighted by Gasteiger charge is -2.46. The number of likely N-dealkylation sites (tertiary alicyclic amines) is 2. The Labute approximate surface area is 147 Å². The number of hydrogen-bond donors (Lipinski definition) is 0. The third-order valence-electron chi connectivity index (χ3n) is 5.35. The molecule has 0 atom stereocenters. The molecule has 0 saturated carbocycles. The van der Waals surface area contributed by atoms with Gasteiger partial charge < -0.3 is 14.5 Å². The van der Waals surface area contributed by atoms with E-state index in [-0.39, 0.29) is 17.2 Å². The van der Waals surface area contributed by atoms with Crippen molar-refractivity contribution in [3.63, 3.8) is 0 Å². The topological polar surface area (TPSA) is 49.9 Å². The van der Waals surface area contributed by atoms with Crippen LogP contribution in [0.15, 0.2) is 12.1 Å². The van der Waals surface area contributed by atoms with Crippen molar-refractivity contribution in [2.24, 2.45) is 5.41 Å². The van der Waals surface area contributed by atoms with Crippen LogP contribution >= 0.6 is 11.3 Å². The van der Waals surface area contributed by atoms with Crippen LogP contribution in [0.1, 0.15) is 40.2 Å². The van der Waals surface area contributed by atoms with Gasteiger partial charge in [0.05, 0.1) is 16.9 Å². The van der Waals surface area contributed by atoms with Crippen molar-refractivity contribution < 1.29 is 14.3 Å². The minimum atomic E-state index is -0.256. The summed E-state index contributed by atoms with van der Waals surface area (Å²) in [6, 6.07) is 3.90. The van der Waals surface area contributed by atoms with Crippen LogP contribution in [0.25, 0.3) is 0 Å². The first-order chi connectivity index (χ1) is 11.6. The second-order valence-electron chi connectivity index (χ2n) is 6.87. The van der Waals surface area contributed by atoms with Gasteiger partial charge in [0.1, 0.15) is 0 Å². The molecule has 2 saturated heterocycles. The van der Waals surface area contributed by atoms with Crippen LogP contribution in [-0.2, 0) is 9.53 Å². The van der Waals surface area contributed by atoms with E-state index in [1.165, 1.54) is 0 Å². The van der Waals surface area contributed by atoms with Gasteiger partial charge in [-0.15, -0.1) is 11.3 Å². The molecular weight excluding hydrogens is 324 g/mol. The van der Waals surface area contributed by atoms with Crippen LogP contribution in [0.5, 0.6) is 0 Å². The summed E-state index contributed by atoms with van der Waals surface area (Å²) < 4.78 is 5.12. The molecule has 2 aliphatic heterocycles. The molecule has 0 radical (unpaired) electrons. The van der Waals surface area contributed by atoms with Gasteiger partial charge in [0.2, 0.25) is 5.91 Å². The van der Waals surface area contributed by atoms with Crippen molar-refractivity contribution in [1.82, 2.24) is 9.80 Å². The Balaban J connectivity index is 1.63. The van der Waals surface area contributed by atoms with E-state index in [4.69, 9.17) is 4.74 Å². The number of hydrogen-bond acceptors (Lipinski definition) is 4. The highest BCUT2D eigenvalue weighted by Crippen LogP contribution is 2.41. The lowest BCUT2D eigenvalue weighted by molar-refractivity contribution is -0.150. The van der Waals surface area contributed by atoms with Gasteiger partial charge in [-0.05, 0) is 44.7 Å². The number of amides is 2. The van der Waals surface area contributed by atoms with Crippen molar-refractivity contribution in [3.05, 3.63) is 21.9 Å². The number of rotatable bonds is 4. The molecule has 1 aromatic heterocycles. The Morgan fingerprint density at radius 1 is 1.25 bits per heavy atom. The zero-order chi connectivity index (χ0) is 17.2. The monoisotopic (exact) mass is 350 g/mol. The van der Waals surface area contributed by atoms with Crippen LogP contribution in [0.2, 0.25) is 0 Å². The Morgan fingerprint density at radius 2 is 2.00 bits per heavy atom. The maximum absolute atomic E-state index is 12.9. The highest BCUT2D eigenvalue weighted by atomic mass is 32.1. The van der Waals surface area contributed by atoms with Crippen molar-refractivity contribution in [1.29, 1.82) is 0 Å². The number of aryl methyl sites for hydroxylation is 1. The first-order valence-corrected chi connectivity index (χ1v) is 9.51. The van der Waals surface area contributed by atoms with Gasteiger partial charge in [-0.25, -0.2) is 0 Å². The Bertz CT molecular complexity index is 605. The van der Waals surface area contributed by atoms with Gasteiger partial charge in [-0.1, -0.05) is 0 Å². The predicted molar refractivity (Wildman–Crippen MR) is 94.3 cm³/mol. The Kier molecular flexibility index (Phi) is 5.25. The predicted octanol–water partition coefficient (Wildman–Crippen LogP) is 2.55. The number of carbonyl (C=O) groups is 2. The lowest BCUT2D eigenvalue weighted by Crippen LogP contribution is -2.54. The molecule has 0 aromatic carbocycles. The Morgan fingerprint density at radius 3 is 2.62 bits per heavy atom. The molecule has 3 heterocycles. The molecule has 1 aromatic rings. The van der Waals surface area contributed by atoms with Gasteiger partial charge in [-0.2, -0.15) is 0 Å². The number of ether oxygens (including phenoxy) is 1. The van der Waals surface area contributed by atoms with Gasteiger partial charge in [-0.3, -0.25) is 9.59 Å². The molecule has 132 valence electrons. The SMILES string of the molecule is COCCN1CCCC2(CCN(C(=O)c3ccc(C)s3)CC2)C1=O. The summed E-state index contributed by atoms with van der Waals surface area (Å²) in [5, 5.41) is 0. The molecule has 5 nitrogen and oxygen atoms in total. The first-order valence-electron chi connectivity index (χ1n) is 8.70. The summed E-state index contributed by atoms with van der Waals surface area (Å²) in [4.78, 5) is 31.4. The molecule has 2 fully saturated rings. The van der Waals surface area contributed by atoms with E-state index in [2.05, 4.69) is 0 Å². The van der Waals surface area contributed by atoms with E-state index < -0.39 is 0 Å². The fourth-order valence-electron chi connectivity index (χ4n) is 3.87. The number of nitrogens with zero attached hydrogens (tertiary/aromatic N) is 2. The Hall–Kier alpha value is -1.40. The lowest BCUT2D eigenvalue weighted by atomic mass is 9.71. The summed E-state index contributed by atoms with van der Waals surface area (Å²) in [5.41, 5.74) is -0.256. The summed E-state index contributed by atoms with van der Waals surface area (Å²) in [5.74, 6) is 0.382. The first kappa shape index (κ1) is 17.4. The van der Waals surface area contributed by atoms with E-state index in [9.17, 15) is 9.59 Å². The van der Waals surface area contributed by atoms with Crippen molar-refractivity contribution >= 4 is 23.2 Å². The summed E-state index contributed by atoms with van der Waals surface area (Å²) in [6.45, 7) is 5.47. The normalized spacial score (nSPS) is 20.7. The standard InChI is InChI=1S/C18H26N2O3S/c1-14-4-5-15(24-14)16(21)19-10-7-18(8-11-19)6-3-9-20(17(18)22)12-13-23-2/h4-5H,3,6-13H2,1-2H3. The van der Waals surface area contributed by atoms with Crippen LogP contribution in [0, 0.1) is 12.3 Å². The van der Waals surface area contributed by atoms with Crippen LogP contribution in [-0.4, -0.2) is 61.5 Å². The molecular formula is C18H26N2O3S. The summed E-state index contributed by atoms with van der Waals surface area (Å²) in [7, 11) is 1.67. The largest absolute Gasteiger partial charge is 0.383 e. The molecule has 0 aliphatic carbocycles. The van der Waals surface area contributed by atoms with E-state index in [1.807, 2.05) is 28.9 Å². The van der Waals surface area contributed by atoms with E-state index in [1.54, 1.807) is 18.4 Å². The summed E-state index contributed by atoms with van der Waals surface area (Å²) in [6.07, 6.45) is 3.57. The van der Waals surface area contributed by atoms with Gasteiger partial charge in [0.15, 0.2) is 0 Å². The molecule has 2 amide bonds. The maximum atomic E-state index is 12.9. The highest BCUT2D eigenvalue weighted by Gasteiger charge is 2.46. The third kappa shape index (κ3) is 3.35. The second-order valence-corrected chi connectivity index (χ2v) is 8.16. The molecule has 1 spiro atoms. The van der Waals surface area contributed by atoms with Crippen molar-refractivity contribution in [2.45, 2.75) is 32.6 Å². The minimum Gasteiger partial charge on any atom is -0.383 e. The van der Waals surface area contributed by atoms with Gasteiger partial charge in [0, 0.05) is 38.2 Å². The van der Waals surface area contributed by atoms with Crippen molar-refractivity contribution in [2.75, 3.05) is 39.9 Å². The van der Waals surface area contributed by atoms with E-state index in [0.29, 0.717) is 26.2 Å². The zero-order valence-electron chi connectivity index (χ0n) is 14.5. The molecule has 0 unspecified atom stereocenters. The van der Waals surface area contributed by atoms with E-state index >= 15 is 0 Å². The smallest absolute Gasteiger partial charge is 0.263 e. The maximum Gasteiger partial charge on any atom is 0.263 e. The van der Waals surface area contributed by atoms with Crippen molar-refractivity contribution in [3.8, 4) is 0 Å². The number of methoxy groups -OCH3 is 1. The van der Waals surface area contributed by atoms with Gasteiger partial charge >= 0.3 is 0 Å². The molecule has 24 heavy (non-hydrogen) atoms. The van der Waals surface area contributed by atoms with Gasteiger partial charge in [0.25, 0.3) is 5.91 Å². The minimum absolute atomic E-state index is 0.113. The second kappa shape index (κ2) is 7.23. The third-order valence-corrected chi connectivity index (χ3v) is 6.34. The van der Waals surface area contributed by atoms with Crippen LogP contribution in [0.3, 0.4) is 0 Å². The van der Waals surface area contributed by atoms with Crippen LogP contribution in [0.4, 0.5) is 0 Å². The molecule has 0 bridgehead atoms. The quantitative estimate of drug-likeness (QED) is 0.838. The average Bonchev–Trinajstić information content (AvgIpc) is 3.03. The van der Waals surface area contributed by atoms with Crippen LogP contribution < -0.4 is 0 Å².